The molecule has 7 heteroatoms. The van der Waals surface area contributed by atoms with Gasteiger partial charge in [0.1, 0.15) is 6.54 Å². The van der Waals surface area contributed by atoms with E-state index < -0.39 is 36.7 Å². The van der Waals surface area contributed by atoms with Crippen LogP contribution in [0.4, 0.5) is 5.69 Å². The summed E-state index contributed by atoms with van der Waals surface area (Å²) in [5, 5.41) is 2.74. The predicted octanol–water partition coefficient (Wildman–Crippen LogP) is 1.06. The summed E-state index contributed by atoms with van der Waals surface area (Å²) in [5.74, 6) is -2.60. The number of para-hydroxylation sites is 1. The fourth-order valence-electron chi connectivity index (χ4n) is 2.23. The smallest absolute Gasteiger partial charge is 0.326 e. The second kappa shape index (κ2) is 6.82. The SMILES string of the molecule is CCC(C)(C)NC(=O)COC(=O)CN1C(=O)C(=O)c2ccccc21. The standard InChI is InChI=1S/C17H20N2O5/c1-4-17(2,3)18-13(20)10-24-14(21)9-19-12-8-6-5-7-11(12)15(22)16(19)23/h5-8H,4,9-10H2,1-3H3,(H,18,20). The van der Waals surface area contributed by atoms with E-state index in [0.717, 1.165) is 11.3 Å². The molecule has 128 valence electrons. The van der Waals surface area contributed by atoms with Crippen LogP contribution in [-0.2, 0) is 19.1 Å². The summed E-state index contributed by atoms with van der Waals surface area (Å²) in [6.07, 6.45) is 0.730. The van der Waals surface area contributed by atoms with Crippen molar-refractivity contribution in [1.82, 2.24) is 5.32 Å². The third kappa shape index (κ3) is 3.79. The lowest BCUT2D eigenvalue weighted by atomic mass is 10.0. The van der Waals surface area contributed by atoms with Crippen LogP contribution in [0.5, 0.6) is 0 Å². The molecule has 1 aliphatic rings. The number of nitrogens with one attached hydrogen (secondary N) is 1. The fourth-order valence-corrected chi connectivity index (χ4v) is 2.23. The minimum absolute atomic E-state index is 0.262. The average Bonchev–Trinajstić information content (AvgIpc) is 2.78. The van der Waals surface area contributed by atoms with Gasteiger partial charge >= 0.3 is 5.97 Å². The first-order valence-corrected chi connectivity index (χ1v) is 7.67. The Bertz CT molecular complexity index is 696. The molecule has 0 spiro atoms. The van der Waals surface area contributed by atoms with Crippen LogP contribution in [0.2, 0.25) is 0 Å². The van der Waals surface area contributed by atoms with E-state index in [-0.39, 0.29) is 11.1 Å². The van der Waals surface area contributed by atoms with Gasteiger partial charge in [-0.05, 0) is 32.4 Å². The lowest BCUT2D eigenvalue weighted by Gasteiger charge is -2.24. The van der Waals surface area contributed by atoms with Gasteiger partial charge in [0.2, 0.25) is 0 Å². The van der Waals surface area contributed by atoms with Crippen molar-refractivity contribution in [3.05, 3.63) is 29.8 Å². The predicted molar refractivity (Wildman–Crippen MR) is 86.6 cm³/mol. The molecule has 24 heavy (non-hydrogen) atoms. The van der Waals surface area contributed by atoms with E-state index in [1.807, 2.05) is 20.8 Å². The number of hydrogen-bond acceptors (Lipinski definition) is 5. The highest BCUT2D eigenvalue weighted by Crippen LogP contribution is 2.28. The number of Topliss-reactive ketones (excluding diaryl/α,β-unsaturated/α-hetero) is 1. The molecule has 7 nitrogen and oxygen atoms in total. The first kappa shape index (κ1) is 17.7. The number of nitrogens with zero attached hydrogens (tertiary/aromatic N) is 1. The lowest BCUT2D eigenvalue weighted by molar-refractivity contribution is -0.148. The van der Waals surface area contributed by atoms with Crippen LogP contribution in [0.3, 0.4) is 0 Å². The maximum atomic E-state index is 12.0. The summed E-state index contributed by atoms with van der Waals surface area (Å²) in [5.41, 5.74) is 0.249. The Balaban J connectivity index is 1.93. The Morgan fingerprint density at radius 1 is 1.21 bits per heavy atom. The molecule has 0 saturated carbocycles. The Morgan fingerprint density at radius 2 is 1.88 bits per heavy atom. The maximum absolute atomic E-state index is 12.0. The zero-order chi connectivity index (χ0) is 17.9. The summed E-state index contributed by atoms with van der Waals surface area (Å²) >= 11 is 0. The largest absolute Gasteiger partial charge is 0.454 e. The van der Waals surface area contributed by atoms with Crippen LogP contribution >= 0.6 is 0 Å². The van der Waals surface area contributed by atoms with E-state index in [1.54, 1.807) is 18.2 Å². The first-order valence-electron chi connectivity index (χ1n) is 7.67. The molecule has 1 heterocycles. The van der Waals surface area contributed by atoms with E-state index in [2.05, 4.69) is 5.32 Å². The Labute approximate surface area is 140 Å². The van der Waals surface area contributed by atoms with E-state index >= 15 is 0 Å². The van der Waals surface area contributed by atoms with E-state index in [4.69, 9.17) is 4.74 Å². The number of esters is 1. The molecular formula is C17H20N2O5. The Kier molecular flexibility index (Phi) is 5.02. The number of rotatable bonds is 6. The summed E-state index contributed by atoms with van der Waals surface area (Å²) < 4.78 is 4.90. The maximum Gasteiger partial charge on any atom is 0.326 e. The molecule has 0 unspecified atom stereocenters. The summed E-state index contributed by atoms with van der Waals surface area (Å²) in [7, 11) is 0. The quantitative estimate of drug-likeness (QED) is 0.621. The van der Waals surface area contributed by atoms with Gasteiger partial charge < -0.3 is 10.1 Å². The van der Waals surface area contributed by atoms with Crippen molar-refractivity contribution in [3.63, 3.8) is 0 Å². The van der Waals surface area contributed by atoms with Gasteiger partial charge in [0, 0.05) is 5.54 Å². The number of ether oxygens (including phenoxy) is 1. The highest BCUT2D eigenvalue weighted by molar-refractivity contribution is 6.52. The van der Waals surface area contributed by atoms with Crippen molar-refractivity contribution in [2.45, 2.75) is 32.7 Å². The van der Waals surface area contributed by atoms with Crippen LogP contribution in [-0.4, -0.2) is 42.3 Å². The van der Waals surface area contributed by atoms with Crippen molar-refractivity contribution >= 4 is 29.3 Å². The van der Waals surface area contributed by atoms with Gasteiger partial charge in [-0.15, -0.1) is 0 Å². The van der Waals surface area contributed by atoms with Crippen LogP contribution in [0.25, 0.3) is 0 Å². The molecule has 1 aromatic rings. The topological polar surface area (TPSA) is 92.8 Å². The number of fused-ring (bicyclic) bond motifs is 1. The molecule has 0 fully saturated rings. The second-order valence-electron chi connectivity index (χ2n) is 6.18. The van der Waals surface area contributed by atoms with Crippen LogP contribution in [0.15, 0.2) is 24.3 Å². The molecular weight excluding hydrogens is 312 g/mol. The summed E-state index contributed by atoms with van der Waals surface area (Å²) in [6, 6.07) is 6.43. The van der Waals surface area contributed by atoms with Crippen molar-refractivity contribution < 1.29 is 23.9 Å². The zero-order valence-electron chi connectivity index (χ0n) is 13.9. The lowest BCUT2D eigenvalue weighted by Crippen LogP contribution is -2.45. The Morgan fingerprint density at radius 3 is 2.54 bits per heavy atom. The number of anilines is 1. The van der Waals surface area contributed by atoms with Gasteiger partial charge in [0.15, 0.2) is 6.61 Å². The first-order chi connectivity index (χ1) is 11.2. The third-order valence-corrected chi connectivity index (χ3v) is 3.89. The van der Waals surface area contributed by atoms with Crippen molar-refractivity contribution in [3.8, 4) is 0 Å². The molecule has 0 atom stereocenters. The zero-order valence-corrected chi connectivity index (χ0v) is 13.9. The van der Waals surface area contributed by atoms with Gasteiger partial charge in [-0.2, -0.15) is 0 Å². The van der Waals surface area contributed by atoms with Crippen molar-refractivity contribution in [2.24, 2.45) is 0 Å². The number of carbonyl (C=O) groups excluding carboxylic acids is 4. The van der Waals surface area contributed by atoms with E-state index in [0.29, 0.717) is 5.69 Å². The third-order valence-electron chi connectivity index (χ3n) is 3.89. The van der Waals surface area contributed by atoms with Gasteiger partial charge in [0.05, 0.1) is 11.3 Å². The Hall–Kier alpha value is -2.70. The van der Waals surface area contributed by atoms with E-state index in [1.165, 1.54) is 6.07 Å². The number of amides is 2. The average molecular weight is 332 g/mol. The highest BCUT2D eigenvalue weighted by Gasteiger charge is 2.36. The summed E-state index contributed by atoms with van der Waals surface area (Å²) in [4.78, 5) is 48.5. The van der Waals surface area contributed by atoms with Gasteiger partial charge in [0.25, 0.3) is 17.6 Å². The minimum Gasteiger partial charge on any atom is -0.454 e. The van der Waals surface area contributed by atoms with E-state index in [9.17, 15) is 19.2 Å². The number of hydrogen-bond donors (Lipinski definition) is 1. The number of ketones is 1. The molecule has 0 aromatic heterocycles. The van der Waals surface area contributed by atoms with Gasteiger partial charge in [-0.3, -0.25) is 24.1 Å². The molecule has 1 aliphatic heterocycles. The van der Waals surface area contributed by atoms with Crippen LogP contribution in [0, 0.1) is 0 Å². The fraction of sp³-hybridized carbons (Fsp3) is 0.412. The molecule has 1 N–H and O–H groups in total. The molecule has 0 saturated heterocycles. The highest BCUT2D eigenvalue weighted by atomic mass is 16.5. The molecule has 1 aromatic carbocycles. The summed E-state index contributed by atoms with van der Waals surface area (Å²) in [6.45, 7) is 4.81. The normalized spacial score (nSPS) is 13.7. The molecule has 0 bridgehead atoms. The molecule has 2 amide bonds. The van der Waals surface area contributed by atoms with Crippen LogP contribution in [0.1, 0.15) is 37.6 Å². The van der Waals surface area contributed by atoms with Crippen molar-refractivity contribution in [1.29, 1.82) is 0 Å². The van der Waals surface area contributed by atoms with Crippen LogP contribution < -0.4 is 10.2 Å². The van der Waals surface area contributed by atoms with Gasteiger partial charge in [-0.25, -0.2) is 0 Å². The monoisotopic (exact) mass is 332 g/mol. The molecule has 2 rings (SSSR count). The molecule has 0 radical (unpaired) electrons. The number of carbonyl (C=O) groups is 4. The molecule has 0 aliphatic carbocycles. The number of benzene rings is 1. The minimum atomic E-state index is -0.773. The van der Waals surface area contributed by atoms with Crippen molar-refractivity contribution in [2.75, 3.05) is 18.1 Å². The van der Waals surface area contributed by atoms with Gasteiger partial charge in [-0.1, -0.05) is 19.1 Å². The second-order valence-corrected chi connectivity index (χ2v) is 6.18.